The summed E-state index contributed by atoms with van der Waals surface area (Å²) < 4.78 is 0. The normalized spacial score (nSPS) is 17.1. The van der Waals surface area contributed by atoms with E-state index in [1.54, 1.807) is 0 Å². The van der Waals surface area contributed by atoms with Crippen LogP contribution in [0.2, 0.25) is 0 Å². The van der Waals surface area contributed by atoms with Gasteiger partial charge in [-0.1, -0.05) is 24.6 Å². The Morgan fingerprint density at radius 3 is 2.72 bits per heavy atom. The van der Waals surface area contributed by atoms with Gasteiger partial charge in [0.2, 0.25) is 0 Å². The van der Waals surface area contributed by atoms with Crippen LogP contribution in [-0.2, 0) is 6.54 Å². The molecule has 3 heteroatoms. The molecule has 3 rings (SSSR count). The van der Waals surface area contributed by atoms with E-state index in [0.29, 0.717) is 0 Å². The van der Waals surface area contributed by atoms with E-state index >= 15 is 0 Å². The fourth-order valence-electron chi connectivity index (χ4n) is 2.82. The Bertz CT molecular complexity index is 553. The van der Waals surface area contributed by atoms with Crippen LogP contribution in [0.15, 0.2) is 24.3 Å². The molecule has 1 aromatic carbocycles. The lowest BCUT2D eigenvalue weighted by Crippen LogP contribution is -2.29. The number of aldehydes is 1. The minimum absolute atomic E-state index is 0.830. The first kappa shape index (κ1) is 11.5. The van der Waals surface area contributed by atoms with E-state index in [4.69, 9.17) is 0 Å². The van der Waals surface area contributed by atoms with E-state index in [1.165, 1.54) is 19.3 Å². The second-order valence-electron chi connectivity index (χ2n) is 5.02. The number of fused-ring (bicyclic) bond motifs is 1. The van der Waals surface area contributed by atoms with Gasteiger partial charge in [-0.05, 0) is 32.0 Å². The van der Waals surface area contributed by atoms with Crippen molar-refractivity contribution < 1.29 is 4.79 Å². The molecule has 1 saturated heterocycles. The van der Waals surface area contributed by atoms with E-state index in [2.05, 4.69) is 9.88 Å². The van der Waals surface area contributed by atoms with Crippen molar-refractivity contribution in [2.45, 2.75) is 25.8 Å². The number of likely N-dealkylation sites (tertiary alicyclic amines) is 1. The Morgan fingerprint density at radius 1 is 1.17 bits per heavy atom. The highest BCUT2D eigenvalue weighted by atomic mass is 16.1. The van der Waals surface area contributed by atoms with Gasteiger partial charge in [0.15, 0.2) is 6.29 Å². The number of nitrogens with one attached hydrogen (secondary N) is 1. The monoisotopic (exact) mass is 242 g/mol. The summed E-state index contributed by atoms with van der Waals surface area (Å²) in [6.45, 7) is 3.16. The third-order valence-corrected chi connectivity index (χ3v) is 3.78. The third-order valence-electron chi connectivity index (χ3n) is 3.78. The van der Waals surface area contributed by atoms with Gasteiger partial charge in [0.25, 0.3) is 0 Å². The molecule has 0 atom stereocenters. The number of H-pyrrole nitrogens is 1. The molecule has 18 heavy (non-hydrogen) atoms. The fourth-order valence-corrected chi connectivity index (χ4v) is 2.82. The van der Waals surface area contributed by atoms with Crippen LogP contribution in [0.25, 0.3) is 10.9 Å². The highest BCUT2D eigenvalue weighted by Crippen LogP contribution is 2.22. The zero-order chi connectivity index (χ0) is 12.4. The topological polar surface area (TPSA) is 36.1 Å². The van der Waals surface area contributed by atoms with Gasteiger partial charge in [-0.25, -0.2) is 0 Å². The number of hydrogen-bond donors (Lipinski definition) is 1. The fraction of sp³-hybridized carbons (Fsp3) is 0.400. The smallest absolute Gasteiger partial charge is 0.152 e. The van der Waals surface area contributed by atoms with E-state index in [0.717, 1.165) is 48.1 Å². The molecular formula is C15H18N2O. The predicted molar refractivity (Wildman–Crippen MR) is 72.8 cm³/mol. The molecule has 2 aromatic rings. The molecule has 0 unspecified atom stereocenters. The van der Waals surface area contributed by atoms with Crippen LogP contribution in [0.1, 0.15) is 35.3 Å². The van der Waals surface area contributed by atoms with Crippen LogP contribution in [0.4, 0.5) is 0 Å². The van der Waals surface area contributed by atoms with Gasteiger partial charge in [-0.3, -0.25) is 9.69 Å². The first-order valence-electron chi connectivity index (χ1n) is 6.65. The summed E-state index contributed by atoms with van der Waals surface area (Å²) in [4.78, 5) is 17.1. The van der Waals surface area contributed by atoms with Crippen LogP contribution in [0.5, 0.6) is 0 Å². The van der Waals surface area contributed by atoms with Gasteiger partial charge in [0.05, 0.1) is 0 Å². The van der Waals surface area contributed by atoms with Gasteiger partial charge in [0, 0.05) is 28.7 Å². The first-order chi connectivity index (χ1) is 8.88. The molecule has 94 valence electrons. The van der Waals surface area contributed by atoms with Crippen molar-refractivity contribution >= 4 is 17.2 Å². The quantitative estimate of drug-likeness (QED) is 0.840. The number of aromatic amines is 1. The van der Waals surface area contributed by atoms with Crippen molar-refractivity contribution in [1.29, 1.82) is 0 Å². The number of hydrogen-bond acceptors (Lipinski definition) is 2. The summed E-state index contributed by atoms with van der Waals surface area (Å²) in [5.74, 6) is 0. The number of aromatic nitrogens is 1. The minimum Gasteiger partial charge on any atom is -0.357 e. The summed E-state index contributed by atoms with van der Waals surface area (Å²) in [6, 6.07) is 8.02. The highest BCUT2D eigenvalue weighted by Gasteiger charge is 2.15. The van der Waals surface area contributed by atoms with Gasteiger partial charge >= 0.3 is 0 Å². The van der Waals surface area contributed by atoms with Gasteiger partial charge < -0.3 is 4.98 Å². The summed E-state index contributed by atoms with van der Waals surface area (Å²) >= 11 is 0. The average Bonchev–Trinajstić information content (AvgIpc) is 2.77. The van der Waals surface area contributed by atoms with E-state index in [-0.39, 0.29) is 0 Å². The SMILES string of the molecule is O=Cc1c(CN2CCCCC2)[nH]c2ccccc12. The van der Waals surface area contributed by atoms with Crippen LogP contribution in [0.3, 0.4) is 0 Å². The van der Waals surface area contributed by atoms with Crippen molar-refractivity contribution in [3.8, 4) is 0 Å². The number of carbonyl (C=O) groups excluding carboxylic acids is 1. The largest absolute Gasteiger partial charge is 0.357 e. The molecule has 3 nitrogen and oxygen atoms in total. The van der Waals surface area contributed by atoms with Crippen LogP contribution >= 0.6 is 0 Å². The molecule has 1 fully saturated rings. The first-order valence-corrected chi connectivity index (χ1v) is 6.65. The zero-order valence-electron chi connectivity index (χ0n) is 10.5. The van der Waals surface area contributed by atoms with Gasteiger partial charge in [0.1, 0.15) is 0 Å². The third kappa shape index (κ3) is 2.06. The Morgan fingerprint density at radius 2 is 1.94 bits per heavy atom. The molecule has 2 heterocycles. The molecule has 0 radical (unpaired) electrons. The molecule has 0 spiro atoms. The summed E-state index contributed by atoms with van der Waals surface area (Å²) in [6.07, 6.45) is 4.87. The molecule has 0 amide bonds. The Kier molecular flexibility index (Phi) is 3.15. The van der Waals surface area contributed by atoms with Crippen molar-refractivity contribution in [2.24, 2.45) is 0 Å². The molecule has 0 bridgehead atoms. The Labute approximate surface area is 107 Å². The molecule has 1 N–H and O–H groups in total. The number of piperidine rings is 1. The Hall–Kier alpha value is -1.61. The molecule has 0 saturated carbocycles. The second-order valence-corrected chi connectivity index (χ2v) is 5.02. The maximum atomic E-state index is 11.3. The van der Waals surface area contributed by atoms with Crippen LogP contribution in [0, 0.1) is 0 Å². The van der Waals surface area contributed by atoms with Crippen LogP contribution < -0.4 is 0 Å². The standard InChI is InChI=1S/C15H18N2O/c18-11-13-12-6-2-3-7-14(12)16-15(13)10-17-8-4-1-5-9-17/h2-3,6-7,11,16H,1,4-5,8-10H2. The lowest BCUT2D eigenvalue weighted by atomic mass is 10.1. The maximum absolute atomic E-state index is 11.3. The lowest BCUT2D eigenvalue weighted by molar-refractivity contribution is 0.112. The summed E-state index contributed by atoms with van der Waals surface area (Å²) in [7, 11) is 0. The lowest BCUT2D eigenvalue weighted by Gasteiger charge is -2.26. The molecule has 1 aliphatic rings. The minimum atomic E-state index is 0.830. The molecule has 0 aliphatic carbocycles. The van der Waals surface area contributed by atoms with Crippen LogP contribution in [-0.4, -0.2) is 29.3 Å². The zero-order valence-corrected chi connectivity index (χ0v) is 10.5. The number of para-hydroxylation sites is 1. The van der Waals surface area contributed by atoms with Crippen molar-refractivity contribution in [1.82, 2.24) is 9.88 Å². The van der Waals surface area contributed by atoms with Gasteiger partial charge in [-0.15, -0.1) is 0 Å². The summed E-state index contributed by atoms with van der Waals surface area (Å²) in [5, 5.41) is 1.04. The molecular weight excluding hydrogens is 224 g/mol. The average molecular weight is 242 g/mol. The van der Waals surface area contributed by atoms with Gasteiger partial charge in [-0.2, -0.15) is 0 Å². The maximum Gasteiger partial charge on any atom is 0.152 e. The molecule has 1 aromatic heterocycles. The number of carbonyl (C=O) groups is 1. The predicted octanol–water partition coefficient (Wildman–Crippen LogP) is 2.97. The van der Waals surface area contributed by atoms with Crippen molar-refractivity contribution in [2.75, 3.05) is 13.1 Å². The summed E-state index contributed by atoms with van der Waals surface area (Å²) in [5.41, 5.74) is 2.95. The molecule has 1 aliphatic heterocycles. The highest BCUT2D eigenvalue weighted by molar-refractivity contribution is 5.98. The number of rotatable bonds is 3. The van der Waals surface area contributed by atoms with E-state index < -0.39 is 0 Å². The van der Waals surface area contributed by atoms with Crippen molar-refractivity contribution in [3.05, 3.63) is 35.5 Å². The Balaban J connectivity index is 1.92. The number of nitrogens with zero attached hydrogens (tertiary/aromatic N) is 1. The number of benzene rings is 1. The second kappa shape index (κ2) is 4.94. The van der Waals surface area contributed by atoms with E-state index in [1.807, 2.05) is 24.3 Å². The van der Waals surface area contributed by atoms with E-state index in [9.17, 15) is 4.79 Å². The van der Waals surface area contributed by atoms with Crippen molar-refractivity contribution in [3.63, 3.8) is 0 Å².